The number of amides is 3. The molecule has 134 valence electrons. The highest BCUT2D eigenvalue weighted by atomic mass is 16.2. The number of carbonyl (C=O) groups excluding carboxylic acids is 4. The highest BCUT2D eigenvalue weighted by Gasteiger charge is 2.11. The zero-order valence-corrected chi connectivity index (χ0v) is 14.3. The van der Waals surface area contributed by atoms with Gasteiger partial charge in [-0.1, -0.05) is 12.1 Å². The molecule has 26 heavy (non-hydrogen) atoms. The topological polar surface area (TPSA) is 116 Å². The molecule has 0 radical (unpaired) electrons. The van der Waals surface area contributed by atoms with Crippen LogP contribution < -0.4 is 21.7 Å². The zero-order chi connectivity index (χ0) is 19.1. The summed E-state index contributed by atoms with van der Waals surface area (Å²) >= 11 is 0. The molecule has 0 aliphatic heterocycles. The predicted octanol–water partition coefficient (Wildman–Crippen LogP) is 0.828. The maximum absolute atomic E-state index is 12.0. The number of carbonyl (C=O) groups is 4. The first-order valence-corrected chi connectivity index (χ1v) is 7.71. The van der Waals surface area contributed by atoms with E-state index < -0.39 is 11.8 Å². The largest absolute Gasteiger partial charge is 0.295 e. The highest BCUT2D eigenvalue weighted by molar-refractivity contribution is 6.01. The van der Waals surface area contributed by atoms with Gasteiger partial charge >= 0.3 is 0 Å². The SMILES string of the molecule is CNNC(=O)c1ccc(C(=O)NNC(=O)c2ccc(C(C)=O)cc2)cc1. The average Bonchev–Trinajstić information content (AvgIpc) is 2.66. The minimum absolute atomic E-state index is 0.0999. The minimum Gasteiger partial charge on any atom is -0.295 e. The van der Waals surface area contributed by atoms with Crippen molar-refractivity contribution in [2.45, 2.75) is 6.92 Å². The summed E-state index contributed by atoms with van der Waals surface area (Å²) in [5.74, 6) is -1.48. The lowest BCUT2D eigenvalue weighted by Crippen LogP contribution is -2.41. The lowest BCUT2D eigenvalue weighted by molar-refractivity contribution is 0.0846. The second-order valence-corrected chi connectivity index (χ2v) is 5.32. The van der Waals surface area contributed by atoms with Crippen molar-refractivity contribution >= 4 is 23.5 Å². The fourth-order valence-corrected chi connectivity index (χ4v) is 2.07. The number of rotatable bonds is 5. The van der Waals surface area contributed by atoms with Crippen molar-refractivity contribution in [2.75, 3.05) is 7.05 Å². The van der Waals surface area contributed by atoms with Crippen LogP contribution >= 0.6 is 0 Å². The van der Waals surface area contributed by atoms with Crippen LogP contribution in [0.1, 0.15) is 48.4 Å². The van der Waals surface area contributed by atoms with Crippen LogP contribution in [0.4, 0.5) is 0 Å². The zero-order valence-electron chi connectivity index (χ0n) is 14.3. The van der Waals surface area contributed by atoms with Gasteiger partial charge in [-0.3, -0.25) is 35.5 Å². The third kappa shape index (κ3) is 4.74. The van der Waals surface area contributed by atoms with Crippen molar-refractivity contribution < 1.29 is 19.2 Å². The second kappa shape index (κ2) is 8.54. The van der Waals surface area contributed by atoms with E-state index in [9.17, 15) is 19.2 Å². The molecule has 0 spiro atoms. The molecule has 0 fully saturated rings. The molecule has 0 saturated carbocycles. The first-order chi connectivity index (χ1) is 12.4. The van der Waals surface area contributed by atoms with E-state index in [1.807, 2.05) is 0 Å². The molecule has 0 aliphatic carbocycles. The lowest BCUT2D eigenvalue weighted by atomic mass is 10.1. The molecule has 2 aromatic rings. The molecule has 0 unspecified atom stereocenters. The average molecular weight is 354 g/mol. The van der Waals surface area contributed by atoms with Gasteiger partial charge in [0.2, 0.25) is 0 Å². The van der Waals surface area contributed by atoms with Crippen LogP contribution in [-0.2, 0) is 0 Å². The van der Waals surface area contributed by atoms with E-state index in [0.717, 1.165) is 0 Å². The molecular formula is C18H18N4O4. The normalized spacial score (nSPS) is 9.92. The number of ketones is 1. The Hall–Kier alpha value is -3.52. The van der Waals surface area contributed by atoms with Crippen molar-refractivity contribution in [3.63, 3.8) is 0 Å². The number of Topliss-reactive ketones (excluding diaryl/α,β-unsaturated/α-hetero) is 1. The second-order valence-electron chi connectivity index (χ2n) is 5.32. The van der Waals surface area contributed by atoms with Crippen LogP contribution in [0.2, 0.25) is 0 Å². The Balaban J connectivity index is 1.94. The number of hydrogen-bond acceptors (Lipinski definition) is 5. The Morgan fingerprint density at radius 1 is 0.577 bits per heavy atom. The van der Waals surface area contributed by atoms with Gasteiger partial charge in [-0.25, -0.2) is 5.43 Å². The first-order valence-electron chi connectivity index (χ1n) is 7.71. The van der Waals surface area contributed by atoms with Gasteiger partial charge < -0.3 is 0 Å². The van der Waals surface area contributed by atoms with E-state index in [1.165, 1.54) is 55.5 Å². The van der Waals surface area contributed by atoms with Crippen molar-refractivity contribution in [3.8, 4) is 0 Å². The van der Waals surface area contributed by atoms with Crippen molar-refractivity contribution in [1.82, 2.24) is 21.7 Å². The maximum atomic E-state index is 12.0. The van der Waals surface area contributed by atoms with Gasteiger partial charge in [0.05, 0.1) is 0 Å². The molecule has 2 aromatic carbocycles. The minimum atomic E-state index is -0.528. The van der Waals surface area contributed by atoms with Gasteiger partial charge in [0.25, 0.3) is 17.7 Å². The summed E-state index contributed by atoms with van der Waals surface area (Å²) in [4.78, 5) is 46.9. The van der Waals surface area contributed by atoms with E-state index in [4.69, 9.17) is 0 Å². The monoisotopic (exact) mass is 354 g/mol. The molecule has 3 amide bonds. The van der Waals surface area contributed by atoms with Crippen LogP contribution in [0.5, 0.6) is 0 Å². The standard InChI is InChI=1S/C18H18N4O4/c1-11(23)12-3-5-14(6-4-12)17(25)21-22-18(26)15-9-7-13(8-10-15)16(24)20-19-2/h3-10,19H,1-2H3,(H,20,24)(H,21,25)(H,22,26). The third-order valence-corrected chi connectivity index (χ3v) is 3.49. The van der Waals surface area contributed by atoms with Gasteiger partial charge in [-0.15, -0.1) is 0 Å². The van der Waals surface area contributed by atoms with Gasteiger partial charge in [0.1, 0.15) is 0 Å². The summed E-state index contributed by atoms with van der Waals surface area (Å²) in [6.45, 7) is 1.43. The highest BCUT2D eigenvalue weighted by Crippen LogP contribution is 2.06. The number of benzene rings is 2. The van der Waals surface area contributed by atoms with Gasteiger partial charge in [-0.05, 0) is 43.3 Å². The fourth-order valence-electron chi connectivity index (χ4n) is 2.07. The van der Waals surface area contributed by atoms with Crippen LogP contribution in [0.3, 0.4) is 0 Å². The van der Waals surface area contributed by atoms with Gasteiger partial charge in [0.15, 0.2) is 5.78 Å². The smallest absolute Gasteiger partial charge is 0.269 e. The Kier molecular flexibility index (Phi) is 6.18. The van der Waals surface area contributed by atoms with E-state index in [-0.39, 0.29) is 17.3 Å². The third-order valence-electron chi connectivity index (χ3n) is 3.49. The molecule has 8 heteroatoms. The summed E-state index contributed by atoms with van der Waals surface area (Å²) in [6, 6.07) is 12.0. The first kappa shape index (κ1) is 18.8. The van der Waals surface area contributed by atoms with Gasteiger partial charge in [0, 0.05) is 29.3 Å². The predicted molar refractivity (Wildman–Crippen MR) is 94.3 cm³/mol. The van der Waals surface area contributed by atoms with Crippen LogP contribution in [0.15, 0.2) is 48.5 Å². The summed E-state index contributed by atoms with van der Waals surface area (Å²) in [5.41, 5.74) is 11.0. The molecule has 4 N–H and O–H groups in total. The molecule has 0 bridgehead atoms. The number of hydrogen-bond donors (Lipinski definition) is 4. The molecule has 0 aromatic heterocycles. The summed E-state index contributed by atoms with van der Waals surface area (Å²) < 4.78 is 0. The van der Waals surface area contributed by atoms with Crippen molar-refractivity contribution in [2.24, 2.45) is 0 Å². The summed E-state index contributed by atoms with van der Waals surface area (Å²) in [7, 11) is 1.57. The summed E-state index contributed by atoms with van der Waals surface area (Å²) in [5, 5.41) is 0. The summed E-state index contributed by atoms with van der Waals surface area (Å²) in [6.07, 6.45) is 0. The van der Waals surface area contributed by atoms with Crippen molar-refractivity contribution in [3.05, 3.63) is 70.8 Å². The van der Waals surface area contributed by atoms with E-state index in [0.29, 0.717) is 16.7 Å². The molecule has 8 nitrogen and oxygen atoms in total. The van der Waals surface area contributed by atoms with Crippen LogP contribution in [0, 0.1) is 0 Å². The Morgan fingerprint density at radius 2 is 0.885 bits per heavy atom. The number of nitrogens with one attached hydrogen (secondary N) is 4. The lowest BCUT2D eigenvalue weighted by Gasteiger charge is -2.08. The van der Waals surface area contributed by atoms with E-state index in [2.05, 4.69) is 21.7 Å². The Labute approximate surface area is 149 Å². The fraction of sp³-hybridized carbons (Fsp3) is 0.111. The molecule has 0 aliphatic rings. The number of hydrazine groups is 2. The molecule has 0 atom stereocenters. The van der Waals surface area contributed by atoms with E-state index >= 15 is 0 Å². The quantitative estimate of drug-likeness (QED) is 0.469. The van der Waals surface area contributed by atoms with Crippen LogP contribution in [0.25, 0.3) is 0 Å². The Bertz CT molecular complexity index is 829. The maximum Gasteiger partial charge on any atom is 0.269 e. The van der Waals surface area contributed by atoms with Crippen LogP contribution in [-0.4, -0.2) is 30.6 Å². The molecular weight excluding hydrogens is 336 g/mol. The van der Waals surface area contributed by atoms with E-state index in [1.54, 1.807) is 7.05 Å². The van der Waals surface area contributed by atoms with Gasteiger partial charge in [-0.2, -0.15) is 0 Å². The molecule has 0 saturated heterocycles. The molecule has 2 rings (SSSR count). The molecule has 0 heterocycles. The van der Waals surface area contributed by atoms with Crippen molar-refractivity contribution in [1.29, 1.82) is 0 Å². The Morgan fingerprint density at radius 3 is 1.19 bits per heavy atom.